The minimum Gasteiger partial charge on any atom is -0.397 e. The molecule has 0 unspecified atom stereocenters. The van der Waals surface area contributed by atoms with Crippen molar-refractivity contribution >= 4 is 28.8 Å². The molecule has 2 amide bonds. The number of aromatic nitrogens is 4. The fraction of sp³-hybridized carbons (Fsp3) is 0.265. The maximum atomic E-state index is 13.2. The summed E-state index contributed by atoms with van der Waals surface area (Å²) in [7, 11) is 2.08. The summed E-state index contributed by atoms with van der Waals surface area (Å²) in [6.07, 6.45) is 5.56. The van der Waals surface area contributed by atoms with Crippen LogP contribution in [-0.2, 0) is 5.41 Å². The van der Waals surface area contributed by atoms with Gasteiger partial charge in [-0.05, 0) is 74.8 Å². The Morgan fingerprint density at radius 2 is 1.66 bits per heavy atom. The van der Waals surface area contributed by atoms with Crippen molar-refractivity contribution < 1.29 is 9.59 Å². The van der Waals surface area contributed by atoms with E-state index in [1.807, 2.05) is 77.0 Å². The number of imidazole rings is 1. The van der Waals surface area contributed by atoms with Crippen LogP contribution in [0, 0.1) is 6.92 Å². The lowest BCUT2D eigenvalue weighted by Gasteiger charge is -2.32. The number of carbonyl (C=O) groups is 2. The lowest BCUT2D eigenvalue weighted by atomic mass is 9.93. The van der Waals surface area contributed by atoms with E-state index in [-0.39, 0.29) is 17.2 Å². The number of nitrogen functional groups attached to an aromatic ring is 1. The fourth-order valence-electron chi connectivity index (χ4n) is 6.03. The maximum absolute atomic E-state index is 13.2. The number of fused-ring (bicyclic) bond motifs is 1. The Morgan fingerprint density at radius 1 is 0.909 bits per heavy atom. The molecule has 10 nitrogen and oxygen atoms in total. The van der Waals surface area contributed by atoms with Gasteiger partial charge >= 0.3 is 0 Å². The molecular formula is C34H34N8O2. The number of aryl methyl sites for hydroxylation is 1. The van der Waals surface area contributed by atoms with Gasteiger partial charge in [-0.25, -0.2) is 15.0 Å². The molecule has 7 rings (SSSR count). The first-order chi connectivity index (χ1) is 21.3. The van der Waals surface area contributed by atoms with Crippen molar-refractivity contribution in [3.05, 3.63) is 107 Å². The summed E-state index contributed by atoms with van der Waals surface area (Å²) in [4.78, 5) is 44.7. The minimum atomic E-state index is -0.300. The predicted molar refractivity (Wildman–Crippen MR) is 170 cm³/mol. The Labute approximate surface area is 255 Å². The lowest BCUT2D eigenvalue weighted by molar-refractivity contribution is 0.0664. The number of nitrogens with zero attached hydrogens (tertiary/aromatic N) is 6. The fourth-order valence-corrected chi connectivity index (χ4v) is 6.03. The number of nitrogens with two attached hydrogens (primary N) is 1. The van der Waals surface area contributed by atoms with Gasteiger partial charge < -0.3 is 20.9 Å². The summed E-state index contributed by atoms with van der Waals surface area (Å²) in [6.45, 7) is 5.17. The van der Waals surface area contributed by atoms with Crippen LogP contribution in [0.4, 0.5) is 11.4 Å². The van der Waals surface area contributed by atoms with Crippen molar-refractivity contribution in [1.29, 1.82) is 0 Å². The van der Waals surface area contributed by atoms with Crippen LogP contribution in [0.5, 0.6) is 0 Å². The van der Waals surface area contributed by atoms with E-state index in [9.17, 15) is 9.59 Å². The van der Waals surface area contributed by atoms with Crippen LogP contribution < -0.4 is 11.1 Å². The molecule has 2 aliphatic rings. The number of nitrogens with one attached hydrogen (secondary N) is 1. The number of likely N-dealkylation sites (N-methyl/N-ethyl adjacent to an activating group) is 1. The number of rotatable bonds is 6. The monoisotopic (exact) mass is 586 g/mol. The predicted octanol–water partition coefficient (Wildman–Crippen LogP) is 4.40. The van der Waals surface area contributed by atoms with E-state index in [2.05, 4.69) is 17.3 Å². The van der Waals surface area contributed by atoms with Crippen LogP contribution in [0.25, 0.3) is 17.0 Å². The molecule has 0 radical (unpaired) electrons. The molecule has 5 aromatic rings. The zero-order chi connectivity index (χ0) is 30.4. The maximum Gasteiger partial charge on any atom is 0.255 e. The molecule has 0 bridgehead atoms. The summed E-state index contributed by atoms with van der Waals surface area (Å²) >= 11 is 0. The van der Waals surface area contributed by atoms with E-state index >= 15 is 0 Å². The summed E-state index contributed by atoms with van der Waals surface area (Å²) in [6, 6.07) is 20.5. The molecule has 3 aromatic heterocycles. The van der Waals surface area contributed by atoms with Gasteiger partial charge in [0.25, 0.3) is 11.8 Å². The van der Waals surface area contributed by atoms with E-state index in [0.717, 1.165) is 67.5 Å². The topological polar surface area (TPSA) is 122 Å². The molecule has 222 valence electrons. The largest absolute Gasteiger partial charge is 0.397 e. The van der Waals surface area contributed by atoms with Gasteiger partial charge in [-0.15, -0.1) is 0 Å². The zero-order valence-corrected chi connectivity index (χ0v) is 24.8. The SMILES string of the molecule is Cc1nc2cc(C(=O)N3CCN(C)CC3)ccn2c1-c1ccnc(C2(c3ccc(C(=O)Nc4ccccc4N)cc3)CC2)n1. The molecule has 1 saturated carbocycles. The van der Waals surface area contributed by atoms with Crippen molar-refractivity contribution in [3.8, 4) is 11.4 Å². The van der Waals surface area contributed by atoms with Gasteiger partial charge in [-0.3, -0.25) is 14.0 Å². The van der Waals surface area contributed by atoms with Crippen molar-refractivity contribution in [2.75, 3.05) is 44.3 Å². The molecule has 0 spiro atoms. The average molecular weight is 587 g/mol. The molecule has 1 aliphatic carbocycles. The number of pyridine rings is 1. The highest BCUT2D eigenvalue weighted by atomic mass is 16.2. The zero-order valence-electron chi connectivity index (χ0n) is 24.8. The number of anilines is 2. The summed E-state index contributed by atoms with van der Waals surface area (Å²) < 4.78 is 1.99. The molecule has 44 heavy (non-hydrogen) atoms. The Kier molecular flexibility index (Phi) is 6.85. The van der Waals surface area contributed by atoms with Crippen LogP contribution in [-0.4, -0.2) is 74.2 Å². The van der Waals surface area contributed by atoms with Gasteiger partial charge in [-0.2, -0.15) is 0 Å². The highest BCUT2D eigenvalue weighted by Crippen LogP contribution is 2.52. The highest BCUT2D eigenvalue weighted by Gasteiger charge is 2.48. The molecule has 4 heterocycles. The van der Waals surface area contributed by atoms with Crippen LogP contribution in [0.3, 0.4) is 0 Å². The average Bonchev–Trinajstić information content (AvgIpc) is 3.79. The normalized spacial score (nSPS) is 16.2. The van der Waals surface area contributed by atoms with Gasteiger partial charge in [0.05, 0.1) is 33.9 Å². The molecule has 1 aliphatic heterocycles. The third-order valence-corrected chi connectivity index (χ3v) is 8.82. The third kappa shape index (κ3) is 4.97. The van der Waals surface area contributed by atoms with Gasteiger partial charge in [-0.1, -0.05) is 24.3 Å². The Hall–Kier alpha value is -5.09. The van der Waals surface area contributed by atoms with Crippen LogP contribution >= 0.6 is 0 Å². The molecule has 3 N–H and O–H groups in total. The standard InChI is InChI=1S/C34H34N8O2/c1-22-30(42-16-12-24(21-29(42)37-22)32(44)41-19-17-40(2)18-20-41)28-11-15-36-33(39-28)34(13-14-34)25-9-7-23(8-10-25)31(43)38-27-6-4-3-5-26(27)35/h3-12,15-16,21H,13-14,17-20,35H2,1-2H3,(H,38,43). The van der Waals surface area contributed by atoms with Crippen molar-refractivity contribution in [2.24, 2.45) is 0 Å². The minimum absolute atomic E-state index is 0.0375. The summed E-state index contributed by atoms with van der Waals surface area (Å²) in [5, 5.41) is 2.88. The van der Waals surface area contributed by atoms with Gasteiger partial charge in [0.1, 0.15) is 11.5 Å². The molecular weight excluding hydrogens is 552 g/mol. The van der Waals surface area contributed by atoms with Crippen molar-refractivity contribution in [3.63, 3.8) is 0 Å². The highest BCUT2D eigenvalue weighted by molar-refractivity contribution is 6.05. The quantitative estimate of drug-likeness (QED) is 0.283. The van der Waals surface area contributed by atoms with E-state index in [1.54, 1.807) is 18.3 Å². The summed E-state index contributed by atoms with van der Waals surface area (Å²) in [5.74, 6) is 0.574. The first-order valence-electron chi connectivity index (χ1n) is 14.9. The van der Waals surface area contributed by atoms with E-state index in [4.69, 9.17) is 20.7 Å². The van der Waals surface area contributed by atoms with Gasteiger partial charge in [0, 0.05) is 49.7 Å². The van der Waals surface area contributed by atoms with Crippen LogP contribution in [0.15, 0.2) is 79.1 Å². The first kappa shape index (κ1) is 27.7. The van der Waals surface area contributed by atoms with E-state index in [0.29, 0.717) is 28.1 Å². The van der Waals surface area contributed by atoms with Gasteiger partial charge in [0.2, 0.25) is 0 Å². The summed E-state index contributed by atoms with van der Waals surface area (Å²) in [5.41, 5.74) is 12.3. The number of hydrogen-bond acceptors (Lipinski definition) is 7. The smallest absolute Gasteiger partial charge is 0.255 e. The van der Waals surface area contributed by atoms with Crippen LogP contribution in [0.1, 0.15) is 50.6 Å². The third-order valence-electron chi connectivity index (χ3n) is 8.82. The Morgan fingerprint density at radius 3 is 2.39 bits per heavy atom. The number of piperazine rings is 1. The molecule has 2 aromatic carbocycles. The number of para-hydroxylation sites is 2. The first-order valence-corrected chi connectivity index (χ1v) is 14.9. The lowest BCUT2D eigenvalue weighted by Crippen LogP contribution is -2.47. The molecule has 10 heteroatoms. The second-order valence-electron chi connectivity index (χ2n) is 11.8. The number of amides is 2. The van der Waals surface area contributed by atoms with Crippen LogP contribution in [0.2, 0.25) is 0 Å². The van der Waals surface area contributed by atoms with Crippen molar-refractivity contribution in [2.45, 2.75) is 25.2 Å². The molecule has 1 saturated heterocycles. The molecule has 0 atom stereocenters. The van der Waals surface area contributed by atoms with E-state index < -0.39 is 0 Å². The Bertz CT molecular complexity index is 1890. The Balaban J connectivity index is 1.13. The second-order valence-corrected chi connectivity index (χ2v) is 11.8. The number of hydrogen-bond donors (Lipinski definition) is 2. The van der Waals surface area contributed by atoms with Gasteiger partial charge in [0.15, 0.2) is 0 Å². The number of benzene rings is 2. The van der Waals surface area contributed by atoms with E-state index in [1.165, 1.54) is 0 Å². The molecule has 2 fully saturated rings. The van der Waals surface area contributed by atoms with Crippen molar-refractivity contribution in [1.82, 2.24) is 29.2 Å². The number of carbonyl (C=O) groups excluding carboxylic acids is 2. The second kappa shape index (κ2) is 10.9.